The van der Waals surface area contributed by atoms with Gasteiger partial charge in [-0.2, -0.15) is 0 Å². The summed E-state index contributed by atoms with van der Waals surface area (Å²) in [5, 5.41) is 12.8. The average Bonchev–Trinajstić information content (AvgIpc) is 2.70. The van der Waals surface area contributed by atoms with E-state index in [0.29, 0.717) is 0 Å². The number of carbonyl (C=O) groups is 4. The molecule has 1 aliphatic rings. The number of alkyl carbamates (subject to hydrolysis) is 1. The van der Waals surface area contributed by atoms with Gasteiger partial charge in [-0.3, -0.25) is 14.4 Å². The van der Waals surface area contributed by atoms with E-state index in [1.807, 2.05) is 6.07 Å². The molecule has 2 rings (SSSR count). The quantitative estimate of drug-likeness (QED) is 0.453. The minimum atomic E-state index is -1.68. The molecule has 5 atom stereocenters. The summed E-state index contributed by atoms with van der Waals surface area (Å²) in [4.78, 5) is 46.7. The van der Waals surface area contributed by atoms with Crippen molar-refractivity contribution in [2.75, 3.05) is 6.61 Å². The predicted octanol–water partition coefficient (Wildman–Crippen LogP) is 0.425. The van der Waals surface area contributed by atoms with E-state index >= 15 is 0 Å². The van der Waals surface area contributed by atoms with Gasteiger partial charge in [0.1, 0.15) is 25.4 Å². The number of rotatable bonds is 7. The highest BCUT2D eigenvalue weighted by atomic mass is 16.7. The molecule has 1 amide bonds. The number of carbonyl (C=O) groups excluding carboxylic acids is 4. The summed E-state index contributed by atoms with van der Waals surface area (Å²) in [6.45, 7) is 2.97. The fourth-order valence-electron chi connectivity index (χ4n) is 2.97. The van der Waals surface area contributed by atoms with Crippen molar-refractivity contribution in [1.82, 2.24) is 5.32 Å². The average molecular weight is 439 g/mol. The van der Waals surface area contributed by atoms with Gasteiger partial charge < -0.3 is 34.1 Å². The van der Waals surface area contributed by atoms with E-state index in [0.717, 1.165) is 26.3 Å². The molecular formula is C20H25NO10. The fourth-order valence-corrected chi connectivity index (χ4v) is 2.97. The summed E-state index contributed by atoms with van der Waals surface area (Å²) >= 11 is 0. The minimum Gasteiger partial charge on any atom is -0.463 e. The lowest BCUT2D eigenvalue weighted by molar-refractivity contribution is -0.264. The van der Waals surface area contributed by atoms with Crippen molar-refractivity contribution < 1.29 is 48.0 Å². The molecule has 2 N–H and O–H groups in total. The monoisotopic (exact) mass is 439 g/mol. The Bertz CT molecular complexity index is 783. The van der Waals surface area contributed by atoms with Crippen molar-refractivity contribution in [3.63, 3.8) is 0 Å². The number of ether oxygens (including phenoxy) is 5. The summed E-state index contributed by atoms with van der Waals surface area (Å²) in [5.74, 6) is -2.12. The topological polar surface area (TPSA) is 147 Å². The molecule has 11 heteroatoms. The van der Waals surface area contributed by atoms with Crippen molar-refractivity contribution in [3.8, 4) is 0 Å². The Morgan fingerprint density at radius 1 is 0.935 bits per heavy atom. The van der Waals surface area contributed by atoms with Crippen molar-refractivity contribution in [2.45, 2.75) is 58.0 Å². The molecule has 0 bridgehead atoms. The van der Waals surface area contributed by atoms with Crippen LogP contribution in [0.1, 0.15) is 26.3 Å². The van der Waals surface area contributed by atoms with E-state index in [-0.39, 0.29) is 13.2 Å². The second-order valence-corrected chi connectivity index (χ2v) is 6.75. The number of aliphatic hydroxyl groups excluding tert-OH is 1. The van der Waals surface area contributed by atoms with E-state index in [2.05, 4.69) is 5.32 Å². The molecule has 1 fully saturated rings. The first-order valence-corrected chi connectivity index (χ1v) is 9.46. The minimum absolute atomic E-state index is 0.0446. The Morgan fingerprint density at radius 3 is 2.13 bits per heavy atom. The molecule has 1 aliphatic heterocycles. The summed E-state index contributed by atoms with van der Waals surface area (Å²) in [6.07, 6.45) is -6.36. The number of nitrogens with one attached hydrogen (secondary N) is 1. The van der Waals surface area contributed by atoms with Gasteiger partial charge in [0.25, 0.3) is 0 Å². The zero-order valence-corrected chi connectivity index (χ0v) is 17.3. The van der Waals surface area contributed by atoms with E-state index in [4.69, 9.17) is 23.7 Å². The van der Waals surface area contributed by atoms with Crippen LogP contribution in [0.15, 0.2) is 30.3 Å². The normalized spacial score (nSPS) is 25.1. The van der Waals surface area contributed by atoms with E-state index in [1.54, 1.807) is 24.3 Å². The smallest absolute Gasteiger partial charge is 0.407 e. The molecule has 0 aliphatic carbocycles. The van der Waals surface area contributed by atoms with Crippen LogP contribution >= 0.6 is 0 Å². The van der Waals surface area contributed by atoms with E-state index in [1.165, 1.54) is 0 Å². The maximum atomic E-state index is 12.3. The van der Waals surface area contributed by atoms with Crippen molar-refractivity contribution >= 4 is 24.0 Å². The zero-order valence-electron chi connectivity index (χ0n) is 17.3. The Balaban J connectivity index is 2.16. The second kappa shape index (κ2) is 11.3. The van der Waals surface area contributed by atoms with Crippen LogP contribution in [0.2, 0.25) is 0 Å². The van der Waals surface area contributed by atoms with Gasteiger partial charge in [0.2, 0.25) is 0 Å². The fraction of sp³-hybridized carbons (Fsp3) is 0.500. The third-order valence-corrected chi connectivity index (χ3v) is 4.22. The number of hydrogen-bond donors (Lipinski definition) is 2. The highest BCUT2D eigenvalue weighted by molar-refractivity contribution is 5.69. The first-order valence-electron chi connectivity index (χ1n) is 9.46. The Hall–Kier alpha value is -3.18. The molecule has 31 heavy (non-hydrogen) atoms. The molecule has 170 valence electrons. The summed E-state index contributed by atoms with van der Waals surface area (Å²) < 4.78 is 25.8. The molecule has 0 saturated carbocycles. The molecule has 0 spiro atoms. The maximum absolute atomic E-state index is 12.3. The summed E-state index contributed by atoms with van der Waals surface area (Å²) in [6, 6.07) is 7.54. The van der Waals surface area contributed by atoms with Gasteiger partial charge in [-0.1, -0.05) is 30.3 Å². The van der Waals surface area contributed by atoms with Crippen LogP contribution in [0.5, 0.6) is 0 Å². The third kappa shape index (κ3) is 7.54. The lowest BCUT2D eigenvalue weighted by atomic mass is 9.96. The molecule has 1 saturated heterocycles. The standard InChI is InChI=1S/C20H25NO10/c1-11(22)27-10-15-17(29-12(2)23)18(30-13(3)24)16(19(25)31-15)21-20(26)28-9-14-7-5-4-6-8-14/h4-8,15-19,25H,9-10H2,1-3H3,(H,21,26)/t15?,16?,17-,18?,19+/m1/s1. The number of amides is 1. The third-order valence-electron chi connectivity index (χ3n) is 4.22. The highest BCUT2D eigenvalue weighted by Crippen LogP contribution is 2.26. The molecule has 1 aromatic carbocycles. The largest absolute Gasteiger partial charge is 0.463 e. The molecule has 0 radical (unpaired) electrons. The van der Waals surface area contributed by atoms with Crippen LogP contribution < -0.4 is 5.32 Å². The van der Waals surface area contributed by atoms with Gasteiger partial charge in [-0.05, 0) is 5.56 Å². The van der Waals surface area contributed by atoms with Crippen LogP contribution in [0.25, 0.3) is 0 Å². The number of esters is 3. The second-order valence-electron chi connectivity index (χ2n) is 6.75. The summed E-state index contributed by atoms with van der Waals surface area (Å²) in [7, 11) is 0. The van der Waals surface area contributed by atoms with Crippen LogP contribution in [0, 0.1) is 0 Å². The number of benzene rings is 1. The molecule has 1 aromatic rings. The van der Waals surface area contributed by atoms with Crippen LogP contribution in [-0.4, -0.2) is 66.4 Å². The van der Waals surface area contributed by atoms with Crippen LogP contribution in [-0.2, 0) is 44.7 Å². The molecule has 0 aromatic heterocycles. The zero-order chi connectivity index (χ0) is 23.0. The first-order chi connectivity index (χ1) is 14.7. The van der Waals surface area contributed by atoms with E-state index < -0.39 is 54.6 Å². The Kier molecular flexibility index (Phi) is 8.76. The van der Waals surface area contributed by atoms with Gasteiger partial charge in [0, 0.05) is 20.8 Å². The van der Waals surface area contributed by atoms with Crippen LogP contribution in [0.3, 0.4) is 0 Å². The van der Waals surface area contributed by atoms with Gasteiger partial charge in [0.05, 0.1) is 0 Å². The number of aliphatic hydroxyl groups is 1. The van der Waals surface area contributed by atoms with Gasteiger partial charge in [0.15, 0.2) is 18.5 Å². The molecular weight excluding hydrogens is 414 g/mol. The van der Waals surface area contributed by atoms with Crippen molar-refractivity contribution in [2.24, 2.45) is 0 Å². The lowest BCUT2D eigenvalue weighted by Crippen LogP contribution is -2.66. The lowest BCUT2D eigenvalue weighted by Gasteiger charge is -2.43. The molecule has 11 nitrogen and oxygen atoms in total. The Labute approximate surface area is 178 Å². The molecule has 1 heterocycles. The van der Waals surface area contributed by atoms with Crippen molar-refractivity contribution in [3.05, 3.63) is 35.9 Å². The predicted molar refractivity (Wildman–Crippen MR) is 102 cm³/mol. The maximum Gasteiger partial charge on any atom is 0.407 e. The Morgan fingerprint density at radius 2 is 1.55 bits per heavy atom. The van der Waals surface area contributed by atoms with E-state index in [9.17, 15) is 24.3 Å². The van der Waals surface area contributed by atoms with Gasteiger partial charge in [-0.25, -0.2) is 4.79 Å². The first kappa shape index (κ1) is 24.1. The molecule has 3 unspecified atom stereocenters. The summed E-state index contributed by atoms with van der Waals surface area (Å²) in [5.41, 5.74) is 0.730. The van der Waals surface area contributed by atoms with Gasteiger partial charge in [-0.15, -0.1) is 0 Å². The van der Waals surface area contributed by atoms with Gasteiger partial charge >= 0.3 is 24.0 Å². The SMILES string of the molecule is CC(=O)OCC1O[C@H](O)C(NC(=O)OCc2ccccc2)C(OC(C)=O)[C@@H]1OC(C)=O. The van der Waals surface area contributed by atoms with Crippen LogP contribution in [0.4, 0.5) is 4.79 Å². The highest BCUT2D eigenvalue weighted by Gasteiger charge is 2.50. The van der Waals surface area contributed by atoms with Crippen molar-refractivity contribution in [1.29, 1.82) is 0 Å². The number of hydrogen-bond acceptors (Lipinski definition) is 10.